The Labute approximate surface area is 186 Å². The van der Waals surface area contributed by atoms with Crippen molar-refractivity contribution in [3.63, 3.8) is 0 Å². The van der Waals surface area contributed by atoms with Crippen LogP contribution in [0.15, 0.2) is 42.6 Å². The molecule has 1 saturated carbocycles. The Morgan fingerprint density at radius 1 is 0.968 bits per heavy atom. The lowest BCUT2D eigenvalue weighted by molar-refractivity contribution is -0.0431. The maximum absolute atomic E-state index is 6.50. The van der Waals surface area contributed by atoms with Crippen molar-refractivity contribution < 1.29 is 9.47 Å². The highest BCUT2D eigenvalue weighted by Crippen LogP contribution is 2.35. The minimum Gasteiger partial charge on any atom is -0.377 e. The van der Waals surface area contributed by atoms with Crippen LogP contribution in [0, 0.1) is 0 Å². The summed E-state index contributed by atoms with van der Waals surface area (Å²) in [5, 5.41) is 8.41. The molecule has 2 aliphatic heterocycles. The van der Waals surface area contributed by atoms with Crippen molar-refractivity contribution in [1.29, 1.82) is 0 Å². The molecule has 3 atom stereocenters. The van der Waals surface area contributed by atoms with E-state index in [-0.39, 0.29) is 6.23 Å². The third kappa shape index (κ3) is 5.05. The third-order valence-electron chi connectivity index (χ3n) is 7.55. The van der Waals surface area contributed by atoms with E-state index in [1.807, 2.05) is 6.20 Å². The highest BCUT2D eigenvalue weighted by Gasteiger charge is 2.32. The molecule has 0 spiro atoms. The number of rotatable bonds is 6. The first kappa shape index (κ1) is 21.2. The van der Waals surface area contributed by atoms with Gasteiger partial charge in [-0.15, -0.1) is 0 Å². The molecule has 1 unspecified atom stereocenters. The summed E-state index contributed by atoms with van der Waals surface area (Å²) >= 11 is 0. The molecule has 31 heavy (non-hydrogen) atoms. The molecule has 5 heteroatoms. The fourth-order valence-corrected chi connectivity index (χ4v) is 5.79. The van der Waals surface area contributed by atoms with E-state index in [0.29, 0.717) is 24.0 Å². The van der Waals surface area contributed by atoms with Crippen LogP contribution in [0.25, 0.3) is 0 Å². The lowest BCUT2D eigenvalue weighted by atomic mass is 9.82. The van der Waals surface area contributed by atoms with E-state index >= 15 is 0 Å². The summed E-state index contributed by atoms with van der Waals surface area (Å²) in [5.41, 5.74) is 2.81. The van der Waals surface area contributed by atoms with Gasteiger partial charge in [-0.1, -0.05) is 30.3 Å². The zero-order valence-electron chi connectivity index (χ0n) is 18.6. The van der Waals surface area contributed by atoms with E-state index < -0.39 is 0 Å². The summed E-state index contributed by atoms with van der Waals surface area (Å²) in [5.74, 6) is 1.15. The van der Waals surface area contributed by atoms with Gasteiger partial charge < -0.3 is 14.8 Å². The fraction of sp³-hybridized carbons (Fsp3) is 0.654. The Balaban J connectivity index is 1.17. The molecule has 0 radical (unpaired) electrons. The number of ether oxygens (including phenoxy) is 2. The standard InChI is InChI=1S/C26H37N3O2/c1-2-7-20(8-3-1)21-11-13-22(14-12-21)31-19-24-23(9-6-16-27-24)25-15-17-28-29(25)26-10-4-5-18-30-26/h1-3,7-8,15,17,21-24,26-27H,4-6,9-14,16,18-19H2/t21?,22?,23-,24-,26?/m0/s1. The zero-order valence-corrected chi connectivity index (χ0v) is 18.6. The lowest BCUT2D eigenvalue weighted by Gasteiger charge is -2.36. The molecule has 168 valence electrons. The van der Waals surface area contributed by atoms with E-state index in [1.165, 1.54) is 62.6 Å². The fourth-order valence-electron chi connectivity index (χ4n) is 5.79. The molecule has 3 fully saturated rings. The van der Waals surface area contributed by atoms with Crippen molar-refractivity contribution in [1.82, 2.24) is 15.1 Å². The summed E-state index contributed by atoms with van der Waals surface area (Å²) < 4.78 is 14.7. The van der Waals surface area contributed by atoms with Gasteiger partial charge in [0.1, 0.15) is 6.23 Å². The van der Waals surface area contributed by atoms with Crippen molar-refractivity contribution in [3.8, 4) is 0 Å². The first-order valence-corrected chi connectivity index (χ1v) is 12.4. The van der Waals surface area contributed by atoms with Crippen molar-refractivity contribution in [3.05, 3.63) is 53.9 Å². The van der Waals surface area contributed by atoms with Crippen molar-refractivity contribution in [2.24, 2.45) is 0 Å². The van der Waals surface area contributed by atoms with Gasteiger partial charge in [0.25, 0.3) is 0 Å². The lowest BCUT2D eigenvalue weighted by Crippen LogP contribution is -2.45. The third-order valence-corrected chi connectivity index (χ3v) is 7.55. The zero-order chi connectivity index (χ0) is 20.9. The predicted molar refractivity (Wildman–Crippen MR) is 122 cm³/mol. The molecule has 1 aliphatic carbocycles. The minimum atomic E-state index is 0.107. The first-order valence-electron chi connectivity index (χ1n) is 12.4. The Morgan fingerprint density at radius 3 is 2.65 bits per heavy atom. The number of piperidine rings is 1. The smallest absolute Gasteiger partial charge is 0.150 e. The molecular formula is C26H37N3O2. The molecule has 2 saturated heterocycles. The van der Waals surface area contributed by atoms with E-state index in [2.05, 4.69) is 51.5 Å². The van der Waals surface area contributed by atoms with Crippen LogP contribution in [0.3, 0.4) is 0 Å². The Hall–Kier alpha value is -1.69. The van der Waals surface area contributed by atoms with Gasteiger partial charge in [-0.2, -0.15) is 5.10 Å². The van der Waals surface area contributed by atoms with Crippen LogP contribution in [0.1, 0.15) is 87.1 Å². The Bertz CT molecular complexity index is 794. The molecule has 2 aromatic rings. The first-order chi connectivity index (χ1) is 15.4. The van der Waals surface area contributed by atoms with Gasteiger partial charge in [0, 0.05) is 30.5 Å². The SMILES string of the molecule is c1ccc(C2CCC(OC[C@@H]3NCCC[C@@H]3c3ccnn3C3CCCCO3)CC2)cc1. The number of nitrogens with one attached hydrogen (secondary N) is 1. The number of nitrogens with zero attached hydrogens (tertiary/aromatic N) is 2. The summed E-state index contributed by atoms with van der Waals surface area (Å²) in [4.78, 5) is 0. The molecule has 3 heterocycles. The molecule has 1 N–H and O–H groups in total. The Kier molecular flexibility index (Phi) is 7.02. The van der Waals surface area contributed by atoms with Gasteiger partial charge in [0.05, 0.1) is 12.7 Å². The predicted octanol–water partition coefficient (Wildman–Crippen LogP) is 5.16. The van der Waals surface area contributed by atoms with Crippen LogP contribution in [0.4, 0.5) is 0 Å². The highest BCUT2D eigenvalue weighted by atomic mass is 16.5. The van der Waals surface area contributed by atoms with E-state index in [4.69, 9.17) is 9.47 Å². The van der Waals surface area contributed by atoms with Crippen LogP contribution in [-0.4, -0.2) is 41.7 Å². The molecule has 5 nitrogen and oxygen atoms in total. The second-order valence-corrected chi connectivity index (χ2v) is 9.55. The van der Waals surface area contributed by atoms with E-state index in [0.717, 1.165) is 26.2 Å². The topological polar surface area (TPSA) is 48.3 Å². The number of aromatic nitrogens is 2. The average Bonchev–Trinajstić information content (AvgIpc) is 3.34. The highest BCUT2D eigenvalue weighted by molar-refractivity contribution is 5.20. The van der Waals surface area contributed by atoms with Crippen LogP contribution in [0.5, 0.6) is 0 Å². The van der Waals surface area contributed by atoms with Crippen molar-refractivity contribution in [2.45, 2.75) is 88.0 Å². The normalized spacial score (nSPS) is 32.1. The van der Waals surface area contributed by atoms with Gasteiger partial charge in [0.2, 0.25) is 0 Å². The van der Waals surface area contributed by atoms with Gasteiger partial charge in [0.15, 0.2) is 0 Å². The average molecular weight is 424 g/mol. The van der Waals surface area contributed by atoms with E-state index in [9.17, 15) is 0 Å². The van der Waals surface area contributed by atoms with E-state index in [1.54, 1.807) is 0 Å². The van der Waals surface area contributed by atoms with Crippen LogP contribution in [0.2, 0.25) is 0 Å². The molecule has 1 aromatic heterocycles. The van der Waals surface area contributed by atoms with Crippen molar-refractivity contribution >= 4 is 0 Å². The quantitative estimate of drug-likeness (QED) is 0.697. The van der Waals surface area contributed by atoms with Gasteiger partial charge >= 0.3 is 0 Å². The molecule has 1 aromatic carbocycles. The molecule has 0 amide bonds. The van der Waals surface area contributed by atoms with Crippen LogP contribution >= 0.6 is 0 Å². The van der Waals surface area contributed by atoms with Crippen molar-refractivity contribution in [2.75, 3.05) is 19.8 Å². The van der Waals surface area contributed by atoms with Crippen LogP contribution in [-0.2, 0) is 9.47 Å². The number of benzene rings is 1. The second-order valence-electron chi connectivity index (χ2n) is 9.55. The van der Waals surface area contributed by atoms with Gasteiger partial charge in [-0.3, -0.25) is 0 Å². The summed E-state index contributed by atoms with van der Waals surface area (Å²) in [7, 11) is 0. The van der Waals surface area contributed by atoms with Gasteiger partial charge in [-0.25, -0.2) is 4.68 Å². The summed E-state index contributed by atoms with van der Waals surface area (Å²) in [6.45, 7) is 2.73. The van der Waals surface area contributed by atoms with Crippen LogP contribution < -0.4 is 5.32 Å². The number of hydrogen-bond acceptors (Lipinski definition) is 4. The molecular weight excluding hydrogens is 386 g/mol. The monoisotopic (exact) mass is 423 g/mol. The number of hydrogen-bond donors (Lipinski definition) is 1. The Morgan fingerprint density at radius 2 is 1.84 bits per heavy atom. The largest absolute Gasteiger partial charge is 0.377 e. The minimum absolute atomic E-state index is 0.107. The molecule has 0 bridgehead atoms. The molecule has 3 aliphatic rings. The summed E-state index contributed by atoms with van der Waals surface area (Å²) in [6, 6.07) is 13.6. The summed E-state index contributed by atoms with van der Waals surface area (Å²) in [6.07, 6.45) is 13.1. The maximum atomic E-state index is 6.50. The molecule has 5 rings (SSSR count). The maximum Gasteiger partial charge on any atom is 0.150 e. The van der Waals surface area contributed by atoms with Gasteiger partial charge in [-0.05, 0) is 81.9 Å². The second kappa shape index (κ2) is 10.3.